The van der Waals surface area contributed by atoms with E-state index in [9.17, 15) is 17.2 Å². The third kappa shape index (κ3) is 3.90. The number of hydrogen-bond acceptors (Lipinski definition) is 2. The average Bonchev–Trinajstić information content (AvgIpc) is 2.16. The van der Waals surface area contributed by atoms with Crippen molar-refractivity contribution < 1.29 is 17.2 Å². The van der Waals surface area contributed by atoms with E-state index in [1.54, 1.807) is 10.8 Å². The largest absolute Gasteiger partial charge is 0.286 e. The summed E-state index contributed by atoms with van der Waals surface area (Å²) in [5.41, 5.74) is -0.263. The topological polar surface area (TPSA) is 72.2 Å². The third-order valence-corrected chi connectivity index (χ3v) is 2.24. The molecule has 84 valence electrons. The number of alkyl halides is 2. The molecule has 0 saturated carbocycles. The van der Waals surface area contributed by atoms with E-state index < -0.39 is 22.7 Å². The number of halogens is 2. The zero-order chi connectivity index (χ0) is 11.5. The van der Waals surface area contributed by atoms with Crippen molar-refractivity contribution in [3.05, 3.63) is 35.9 Å². The van der Waals surface area contributed by atoms with E-state index in [2.05, 4.69) is 5.14 Å². The number of nitrogens with one attached hydrogen (secondary N) is 1. The van der Waals surface area contributed by atoms with Crippen LogP contribution in [0.4, 0.5) is 8.78 Å². The molecule has 0 atom stereocenters. The van der Waals surface area contributed by atoms with Gasteiger partial charge in [0.15, 0.2) is 0 Å². The Morgan fingerprint density at radius 2 is 1.80 bits per heavy atom. The summed E-state index contributed by atoms with van der Waals surface area (Å²) in [6.07, 6.45) is 0. The van der Waals surface area contributed by atoms with Gasteiger partial charge < -0.3 is 0 Å². The van der Waals surface area contributed by atoms with Gasteiger partial charge >= 0.3 is 0 Å². The van der Waals surface area contributed by atoms with E-state index in [1.165, 1.54) is 24.3 Å². The van der Waals surface area contributed by atoms with Crippen LogP contribution in [0.3, 0.4) is 0 Å². The molecule has 7 heteroatoms. The molecule has 15 heavy (non-hydrogen) atoms. The predicted molar refractivity (Wildman–Crippen MR) is 51.4 cm³/mol. The van der Waals surface area contributed by atoms with Crippen LogP contribution >= 0.6 is 0 Å². The Morgan fingerprint density at radius 3 is 2.27 bits per heavy atom. The van der Waals surface area contributed by atoms with Crippen molar-refractivity contribution in [3.8, 4) is 0 Å². The zero-order valence-electron chi connectivity index (χ0n) is 7.65. The van der Waals surface area contributed by atoms with E-state index in [1.807, 2.05) is 0 Å². The normalized spacial score (nSPS) is 12.7. The molecule has 4 nitrogen and oxygen atoms in total. The molecule has 0 spiro atoms. The molecule has 0 radical (unpaired) electrons. The van der Waals surface area contributed by atoms with Gasteiger partial charge in [-0.2, -0.15) is 21.9 Å². The molecule has 0 aliphatic rings. The van der Waals surface area contributed by atoms with E-state index in [4.69, 9.17) is 0 Å². The minimum atomic E-state index is -4.10. The minimum Gasteiger partial charge on any atom is -0.216 e. The molecule has 3 N–H and O–H groups in total. The Morgan fingerprint density at radius 1 is 1.27 bits per heavy atom. The van der Waals surface area contributed by atoms with Crippen molar-refractivity contribution in [1.29, 1.82) is 0 Å². The Balaban J connectivity index is 2.76. The summed E-state index contributed by atoms with van der Waals surface area (Å²) in [5, 5.41) is 4.55. The van der Waals surface area contributed by atoms with Gasteiger partial charge in [-0.3, -0.25) is 0 Å². The predicted octanol–water partition coefficient (Wildman–Crippen LogP) is 0.572. The molecular weight excluding hydrogens is 226 g/mol. The van der Waals surface area contributed by atoms with Crippen molar-refractivity contribution in [1.82, 2.24) is 4.72 Å². The van der Waals surface area contributed by atoms with Crippen LogP contribution in [0.2, 0.25) is 0 Å². The van der Waals surface area contributed by atoms with E-state index >= 15 is 0 Å². The van der Waals surface area contributed by atoms with Gasteiger partial charge in [-0.25, -0.2) is 5.14 Å². The third-order valence-electron chi connectivity index (χ3n) is 1.69. The molecule has 0 saturated heterocycles. The first-order valence-corrected chi connectivity index (χ1v) is 5.57. The van der Waals surface area contributed by atoms with Crippen LogP contribution in [0.5, 0.6) is 0 Å². The highest BCUT2D eigenvalue weighted by molar-refractivity contribution is 7.87. The Hall–Kier alpha value is -1.05. The van der Waals surface area contributed by atoms with Gasteiger partial charge in [0.05, 0.1) is 6.54 Å². The van der Waals surface area contributed by atoms with Crippen LogP contribution in [0, 0.1) is 0 Å². The molecule has 0 aliphatic heterocycles. The van der Waals surface area contributed by atoms with E-state index in [-0.39, 0.29) is 5.56 Å². The SMILES string of the molecule is NS(=O)(=O)NCC(F)(F)c1ccccc1. The number of rotatable bonds is 4. The molecular formula is C8H10F2N2O2S. The molecule has 0 amide bonds. The lowest BCUT2D eigenvalue weighted by molar-refractivity contribution is 0.00209. The highest BCUT2D eigenvalue weighted by Gasteiger charge is 2.32. The standard InChI is InChI=1S/C8H10F2N2O2S/c9-8(10,6-12-15(11,13)14)7-4-2-1-3-5-7/h1-5,12H,6H2,(H2,11,13,14). The summed E-state index contributed by atoms with van der Waals surface area (Å²) in [5.74, 6) is -3.27. The average molecular weight is 236 g/mol. The Bertz CT molecular complexity index is 420. The molecule has 0 fully saturated rings. The summed E-state index contributed by atoms with van der Waals surface area (Å²) < 4.78 is 49.1. The minimum absolute atomic E-state index is 0.263. The molecule has 0 unspecified atom stereocenters. The second-order valence-electron chi connectivity index (χ2n) is 2.94. The van der Waals surface area contributed by atoms with Gasteiger partial charge in [-0.15, -0.1) is 0 Å². The van der Waals surface area contributed by atoms with E-state index in [0.29, 0.717) is 0 Å². The lowest BCUT2D eigenvalue weighted by atomic mass is 10.1. The van der Waals surface area contributed by atoms with Gasteiger partial charge in [-0.05, 0) is 0 Å². The van der Waals surface area contributed by atoms with E-state index in [0.717, 1.165) is 0 Å². The molecule has 0 aromatic heterocycles. The first kappa shape index (κ1) is 12.0. The summed E-state index contributed by atoms with van der Waals surface area (Å²) in [4.78, 5) is 0. The maximum absolute atomic E-state index is 13.3. The van der Waals surface area contributed by atoms with Gasteiger partial charge in [0.25, 0.3) is 16.1 Å². The number of hydrogen-bond donors (Lipinski definition) is 2. The van der Waals surface area contributed by atoms with Crippen LogP contribution in [-0.4, -0.2) is 15.0 Å². The highest BCUT2D eigenvalue weighted by atomic mass is 32.2. The molecule has 1 rings (SSSR count). The van der Waals surface area contributed by atoms with Gasteiger partial charge in [-0.1, -0.05) is 30.3 Å². The summed E-state index contributed by atoms with van der Waals surface area (Å²) >= 11 is 0. The number of benzene rings is 1. The summed E-state index contributed by atoms with van der Waals surface area (Å²) in [6.45, 7) is -1.05. The second kappa shape index (κ2) is 4.21. The van der Waals surface area contributed by atoms with Crippen molar-refractivity contribution in [2.75, 3.05) is 6.54 Å². The first-order valence-electron chi connectivity index (χ1n) is 4.02. The maximum atomic E-state index is 13.3. The van der Waals surface area contributed by atoms with Crippen LogP contribution in [0.25, 0.3) is 0 Å². The molecule has 0 aliphatic carbocycles. The van der Waals surface area contributed by atoms with Gasteiger partial charge in [0.2, 0.25) is 0 Å². The fourth-order valence-corrected chi connectivity index (χ4v) is 1.36. The molecule has 0 heterocycles. The second-order valence-corrected chi connectivity index (χ2v) is 4.32. The first-order chi connectivity index (χ1) is 6.81. The van der Waals surface area contributed by atoms with Crippen molar-refractivity contribution >= 4 is 10.2 Å². The van der Waals surface area contributed by atoms with Crippen LogP contribution in [0.15, 0.2) is 30.3 Å². The number of nitrogens with two attached hydrogens (primary N) is 1. The smallest absolute Gasteiger partial charge is 0.216 e. The highest BCUT2D eigenvalue weighted by Crippen LogP contribution is 2.26. The van der Waals surface area contributed by atoms with Crippen molar-refractivity contribution in [2.24, 2.45) is 5.14 Å². The lowest BCUT2D eigenvalue weighted by Crippen LogP contribution is -2.38. The Kier molecular flexibility index (Phi) is 3.38. The molecule has 1 aromatic rings. The molecule has 0 bridgehead atoms. The maximum Gasteiger partial charge on any atom is 0.286 e. The monoisotopic (exact) mass is 236 g/mol. The van der Waals surface area contributed by atoms with Crippen molar-refractivity contribution in [2.45, 2.75) is 5.92 Å². The summed E-state index contributed by atoms with van der Waals surface area (Å²) in [6, 6.07) is 6.91. The van der Waals surface area contributed by atoms with Crippen LogP contribution in [-0.2, 0) is 16.1 Å². The zero-order valence-corrected chi connectivity index (χ0v) is 8.47. The summed E-state index contributed by atoms with van der Waals surface area (Å²) in [7, 11) is -4.10. The van der Waals surface area contributed by atoms with Crippen LogP contribution < -0.4 is 9.86 Å². The fourth-order valence-electron chi connectivity index (χ4n) is 0.975. The lowest BCUT2D eigenvalue weighted by Gasteiger charge is -2.16. The Labute approximate surface area is 86.3 Å². The van der Waals surface area contributed by atoms with Gasteiger partial charge in [0.1, 0.15) is 0 Å². The molecule has 1 aromatic carbocycles. The fraction of sp³-hybridized carbons (Fsp3) is 0.250. The van der Waals surface area contributed by atoms with Gasteiger partial charge in [0, 0.05) is 5.56 Å². The quantitative estimate of drug-likeness (QED) is 0.802. The van der Waals surface area contributed by atoms with Crippen LogP contribution in [0.1, 0.15) is 5.56 Å². The van der Waals surface area contributed by atoms with Crippen molar-refractivity contribution in [3.63, 3.8) is 0 Å².